The summed E-state index contributed by atoms with van der Waals surface area (Å²) in [5.41, 5.74) is 1.50. The van der Waals surface area contributed by atoms with Crippen LogP contribution in [-0.2, 0) is 0 Å². The number of unbranched alkanes of at least 4 members (excludes halogenated alkanes) is 1. The van der Waals surface area contributed by atoms with Crippen molar-refractivity contribution in [2.24, 2.45) is 16.8 Å². The lowest BCUT2D eigenvalue weighted by Gasteiger charge is -2.35. The Kier molecular flexibility index (Phi) is 2.52. The van der Waals surface area contributed by atoms with Gasteiger partial charge in [-0.25, -0.2) is 0 Å². The minimum Gasteiger partial charge on any atom is -0.289 e. The van der Waals surface area contributed by atoms with E-state index in [4.69, 9.17) is 0 Å². The molecule has 0 amide bonds. The molecule has 1 aliphatic carbocycles. The summed E-state index contributed by atoms with van der Waals surface area (Å²) in [4.78, 5) is 4.54. The Morgan fingerprint density at radius 3 is 2.92 bits per heavy atom. The Hall–Kier alpha value is -0.590. The summed E-state index contributed by atoms with van der Waals surface area (Å²) in [5.74, 6) is 1.56. The van der Waals surface area contributed by atoms with Crippen LogP contribution < -0.4 is 0 Å². The van der Waals surface area contributed by atoms with Crippen LogP contribution in [0.15, 0.2) is 16.6 Å². The molecule has 0 aromatic heterocycles. The first-order valence-electron chi connectivity index (χ1n) is 5.53. The molecule has 1 nitrogen and oxygen atoms in total. The molecule has 0 saturated carbocycles. The van der Waals surface area contributed by atoms with Crippen molar-refractivity contribution < 1.29 is 0 Å². The van der Waals surface area contributed by atoms with Crippen LogP contribution in [0.2, 0.25) is 0 Å². The normalized spacial score (nSPS) is 36.5. The number of allylic oxidation sites excluding steroid dienone is 1. The molecule has 2 aliphatic heterocycles. The third-order valence-electron chi connectivity index (χ3n) is 3.42. The summed E-state index contributed by atoms with van der Waals surface area (Å²) in [6.07, 6.45) is 10.0. The molecule has 2 bridgehead atoms. The molecule has 1 heteroatoms. The highest BCUT2D eigenvalue weighted by atomic mass is 14.8. The number of fused-ring (bicyclic) bond motifs is 1. The van der Waals surface area contributed by atoms with Crippen LogP contribution in [0.25, 0.3) is 0 Å². The second kappa shape index (κ2) is 3.65. The van der Waals surface area contributed by atoms with Gasteiger partial charge in [0.25, 0.3) is 0 Å². The summed E-state index contributed by atoms with van der Waals surface area (Å²) in [7, 11) is 0. The number of nitrogens with zero attached hydrogens (tertiary/aromatic N) is 1. The Balaban J connectivity index is 2.00. The standard InChI is InChI=1S/C12H19N/c1-3-4-5-10-7-12-9(2)6-11(10)8-13-12/h6,8,10-12H,3-5,7H2,1-2H3. The molecule has 0 N–H and O–H groups in total. The molecule has 2 heterocycles. The number of hydrogen-bond acceptors (Lipinski definition) is 1. The lowest BCUT2D eigenvalue weighted by Crippen LogP contribution is -2.31. The largest absolute Gasteiger partial charge is 0.289 e. The van der Waals surface area contributed by atoms with Gasteiger partial charge in [-0.1, -0.05) is 31.4 Å². The van der Waals surface area contributed by atoms with E-state index in [0.29, 0.717) is 12.0 Å². The Morgan fingerprint density at radius 2 is 2.38 bits per heavy atom. The summed E-state index contributed by atoms with van der Waals surface area (Å²) in [6, 6.07) is 0.534. The van der Waals surface area contributed by atoms with E-state index in [2.05, 4.69) is 31.1 Å². The lowest BCUT2D eigenvalue weighted by atomic mass is 9.74. The Labute approximate surface area is 80.9 Å². The highest BCUT2D eigenvalue weighted by molar-refractivity contribution is 5.68. The third-order valence-corrected chi connectivity index (χ3v) is 3.42. The molecular formula is C12H19N. The second-order valence-electron chi connectivity index (χ2n) is 4.44. The van der Waals surface area contributed by atoms with Crippen molar-refractivity contribution in [1.82, 2.24) is 0 Å². The zero-order valence-corrected chi connectivity index (χ0v) is 8.66. The molecule has 0 radical (unpaired) electrons. The average Bonchev–Trinajstić information content (AvgIpc) is 2.16. The van der Waals surface area contributed by atoms with Crippen molar-refractivity contribution in [3.05, 3.63) is 11.6 Å². The molecule has 0 aromatic carbocycles. The van der Waals surface area contributed by atoms with Gasteiger partial charge in [0.2, 0.25) is 0 Å². The monoisotopic (exact) mass is 177 g/mol. The quantitative estimate of drug-likeness (QED) is 0.587. The molecule has 3 aliphatic rings. The molecule has 0 fully saturated rings. The fraction of sp³-hybridized carbons (Fsp3) is 0.750. The third kappa shape index (κ3) is 1.70. The van der Waals surface area contributed by atoms with E-state index in [1.54, 1.807) is 0 Å². The van der Waals surface area contributed by atoms with Crippen molar-refractivity contribution in [1.29, 1.82) is 0 Å². The average molecular weight is 177 g/mol. The predicted molar refractivity (Wildman–Crippen MR) is 57.2 cm³/mol. The van der Waals surface area contributed by atoms with Crippen LogP contribution in [-0.4, -0.2) is 12.3 Å². The van der Waals surface area contributed by atoms with E-state index in [9.17, 15) is 0 Å². The maximum absolute atomic E-state index is 4.54. The van der Waals surface area contributed by atoms with Crippen molar-refractivity contribution in [2.75, 3.05) is 0 Å². The topological polar surface area (TPSA) is 12.4 Å². The lowest BCUT2D eigenvalue weighted by molar-refractivity contribution is 0.343. The molecule has 72 valence electrons. The minimum absolute atomic E-state index is 0.534. The molecular weight excluding hydrogens is 158 g/mol. The Morgan fingerprint density at radius 1 is 1.54 bits per heavy atom. The van der Waals surface area contributed by atoms with Crippen LogP contribution in [0.1, 0.15) is 39.5 Å². The van der Waals surface area contributed by atoms with Gasteiger partial charge in [-0.05, 0) is 25.7 Å². The first-order valence-corrected chi connectivity index (χ1v) is 5.53. The van der Waals surface area contributed by atoms with Gasteiger partial charge in [0.15, 0.2) is 0 Å². The summed E-state index contributed by atoms with van der Waals surface area (Å²) >= 11 is 0. The zero-order chi connectivity index (χ0) is 9.26. The first-order chi connectivity index (χ1) is 6.31. The summed E-state index contributed by atoms with van der Waals surface area (Å²) in [5, 5.41) is 0. The maximum Gasteiger partial charge on any atom is 0.0705 e. The second-order valence-corrected chi connectivity index (χ2v) is 4.44. The molecule has 0 aromatic rings. The fourth-order valence-corrected chi connectivity index (χ4v) is 2.50. The smallest absolute Gasteiger partial charge is 0.0705 e. The summed E-state index contributed by atoms with van der Waals surface area (Å²) in [6.45, 7) is 4.50. The van der Waals surface area contributed by atoms with E-state index < -0.39 is 0 Å². The number of aliphatic imine (C=N–C) groups is 1. The molecule has 3 unspecified atom stereocenters. The van der Waals surface area contributed by atoms with E-state index >= 15 is 0 Å². The molecule has 0 saturated heterocycles. The SMILES string of the molecule is CCCCC1CC2N=CC1C=C2C. The zero-order valence-electron chi connectivity index (χ0n) is 8.66. The number of dihydropyridines is 1. The van der Waals surface area contributed by atoms with Crippen molar-refractivity contribution in [2.45, 2.75) is 45.6 Å². The molecule has 13 heavy (non-hydrogen) atoms. The highest BCUT2D eigenvalue weighted by Gasteiger charge is 2.31. The number of hydrogen-bond donors (Lipinski definition) is 0. The van der Waals surface area contributed by atoms with Crippen LogP contribution in [0.4, 0.5) is 0 Å². The van der Waals surface area contributed by atoms with Gasteiger partial charge in [-0.3, -0.25) is 4.99 Å². The van der Waals surface area contributed by atoms with Crippen molar-refractivity contribution in [3.8, 4) is 0 Å². The van der Waals surface area contributed by atoms with E-state index in [-0.39, 0.29) is 0 Å². The minimum atomic E-state index is 0.534. The van der Waals surface area contributed by atoms with Gasteiger partial charge >= 0.3 is 0 Å². The fourth-order valence-electron chi connectivity index (χ4n) is 2.50. The molecule has 0 spiro atoms. The van der Waals surface area contributed by atoms with Gasteiger partial charge < -0.3 is 0 Å². The van der Waals surface area contributed by atoms with E-state index in [0.717, 1.165) is 5.92 Å². The van der Waals surface area contributed by atoms with Gasteiger partial charge in [0, 0.05) is 12.1 Å². The van der Waals surface area contributed by atoms with Crippen LogP contribution >= 0.6 is 0 Å². The maximum atomic E-state index is 4.54. The Bertz CT molecular complexity index is 240. The van der Waals surface area contributed by atoms with Crippen LogP contribution in [0, 0.1) is 11.8 Å². The van der Waals surface area contributed by atoms with Crippen molar-refractivity contribution in [3.63, 3.8) is 0 Å². The highest BCUT2D eigenvalue weighted by Crippen LogP contribution is 2.36. The van der Waals surface area contributed by atoms with E-state index in [1.165, 1.54) is 31.3 Å². The van der Waals surface area contributed by atoms with Gasteiger partial charge in [-0.15, -0.1) is 0 Å². The van der Waals surface area contributed by atoms with Crippen LogP contribution in [0.3, 0.4) is 0 Å². The van der Waals surface area contributed by atoms with Crippen molar-refractivity contribution >= 4 is 6.21 Å². The first kappa shape index (κ1) is 8.98. The van der Waals surface area contributed by atoms with Gasteiger partial charge in [-0.2, -0.15) is 0 Å². The van der Waals surface area contributed by atoms with E-state index in [1.807, 2.05) is 0 Å². The van der Waals surface area contributed by atoms with Gasteiger partial charge in [0.1, 0.15) is 0 Å². The predicted octanol–water partition coefficient (Wildman–Crippen LogP) is 3.21. The van der Waals surface area contributed by atoms with Crippen LogP contribution in [0.5, 0.6) is 0 Å². The number of rotatable bonds is 3. The molecule has 3 atom stereocenters. The van der Waals surface area contributed by atoms with Gasteiger partial charge in [0.05, 0.1) is 6.04 Å². The summed E-state index contributed by atoms with van der Waals surface area (Å²) < 4.78 is 0. The molecule has 3 rings (SSSR count).